The van der Waals surface area contributed by atoms with Gasteiger partial charge >= 0.3 is 0 Å². The van der Waals surface area contributed by atoms with Crippen LogP contribution in [-0.4, -0.2) is 22.3 Å². The van der Waals surface area contributed by atoms with Gasteiger partial charge in [-0.1, -0.05) is 12.1 Å². The number of non-ortho nitro benzene ring substituents is 2. The SMILES string of the molecule is Cc1cc(CN=Cc2ccc(Oc3ccc([N+](=O)[O-])cc3)cc2)c(C)cc1CN=Cc1ccc(Oc2ccc([N+](=O)[O-])cc2)cc1. The normalized spacial score (nSPS) is 11.2. The molecule has 10 heteroatoms. The minimum Gasteiger partial charge on any atom is -0.457 e. The van der Waals surface area contributed by atoms with Gasteiger partial charge in [-0.2, -0.15) is 0 Å². The van der Waals surface area contributed by atoms with Crippen molar-refractivity contribution in [3.05, 3.63) is 163 Å². The first-order valence-electron chi connectivity index (χ1n) is 14.4. The fraction of sp³-hybridized carbons (Fsp3) is 0.111. The summed E-state index contributed by atoms with van der Waals surface area (Å²) < 4.78 is 11.5. The third-order valence-corrected chi connectivity index (χ3v) is 7.13. The number of hydrogen-bond acceptors (Lipinski definition) is 8. The molecular formula is C36H30N4O6. The summed E-state index contributed by atoms with van der Waals surface area (Å²) in [6.45, 7) is 5.24. The van der Waals surface area contributed by atoms with Crippen LogP contribution in [0.15, 0.2) is 119 Å². The molecule has 0 saturated carbocycles. The minimum absolute atomic E-state index is 0.0162. The molecule has 0 aliphatic carbocycles. The van der Waals surface area contributed by atoms with Crippen LogP contribution in [0.3, 0.4) is 0 Å². The Balaban J connectivity index is 1.12. The Kier molecular flexibility index (Phi) is 9.89. The Labute approximate surface area is 265 Å². The number of ether oxygens (including phenoxy) is 2. The largest absolute Gasteiger partial charge is 0.457 e. The smallest absolute Gasteiger partial charge is 0.269 e. The standard InChI is InChI=1S/C36H30N4O6/c1-25-19-30(24-38-22-28-5-13-34(14-6-28)46-36-17-9-32(10-18-36)40(43)44)26(2)20-29(25)23-37-21-27-3-11-33(12-4-27)45-35-15-7-31(8-16-35)39(41)42/h3-22H,23-24H2,1-2H3. The average Bonchev–Trinajstić information content (AvgIpc) is 3.05. The molecule has 0 heterocycles. The van der Waals surface area contributed by atoms with Gasteiger partial charge in [0.15, 0.2) is 0 Å². The van der Waals surface area contributed by atoms with Gasteiger partial charge in [0, 0.05) is 36.7 Å². The maximum Gasteiger partial charge on any atom is 0.269 e. The van der Waals surface area contributed by atoms with E-state index in [0.717, 1.165) is 33.4 Å². The van der Waals surface area contributed by atoms with Crippen LogP contribution in [0.2, 0.25) is 0 Å². The van der Waals surface area contributed by atoms with Gasteiger partial charge in [-0.25, -0.2) is 0 Å². The Bertz CT molecular complexity index is 1740. The van der Waals surface area contributed by atoms with Gasteiger partial charge in [0.05, 0.1) is 22.9 Å². The van der Waals surface area contributed by atoms with Gasteiger partial charge in [0.2, 0.25) is 0 Å². The molecule has 0 aromatic heterocycles. The molecule has 0 aliphatic heterocycles. The summed E-state index contributed by atoms with van der Waals surface area (Å²) in [6.07, 6.45) is 3.65. The molecule has 5 aromatic rings. The van der Waals surface area contributed by atoms with Crippen LogP contribution < -0.4 is 9.47 Å². The molecule has 5 rings (SSSR count). The number of hydrogen-bond donors (Lipinski definition) is 0. The minimum atomic E-state index is -0.445. The topological polar surface area (TPSA) is 129 Å². The first kappa shape index (κ1) is 31.3. The van der Waals surface area contributed by atoms with Crippen LogP contribution in [0.25, 0.3) is 0 Å². The Hall–Kier alpha value is -6.16. The first-order chi connectivity index (χ1) is 22.2. The highest BCUT2D eigenvalue weighted by Gasteiger charge is 2.07. The van der Waals surface area contributed by atoms with E-state index in [4.69, 9.17) is 9.47 Å². The molecule has 0 fully saturated rings. The highest BCUT2D eigenvalue weighted by molar-refractivity contribution is 5.80. The predicted octanol–water partition coefficient (Wildman–Crippen LogP) is 8.94. The molecule has 5 aromatic carbocycles. The van der Waals surface area contributed by atoms with Crippen LogP contribution in [0, 0.1) is 34.1 Å². The number of aliphatic imine (C=N–C) groups is 2. The second-order valence-electron chi connectivity index (χ2n) is 10.5. The van der Waals surface area contributed by atoms with Gasteiger partial charge in [-0.3, -0.25) is 30.2 Å². The van der Waals surface area contributed by atoms with Gasteiger partial charge in [-0.05, 0) is 120 Å². The quantitative estimate of drug-likeness (QED) is 0.0783. The highest BCUT2D eigenvalue weighted by atomic mass is 16.6. The summed E-state index contributed by atoms with van der Waals surface area (Å²) in [5.74, 6) is 2.30. The van der Waals surface area contributed by atoms with Gasteiger partial charge in [-0.15, -0.1) is 0 Å². The molecule has 0 radical (unpaired) electrons. The summed E-state index contributed by atoms with van der Waals surface area (Å²) in [7, 11) is 0. The lowest BCUT2D eigenvalue weighted by molar-refractivity contribution is -0.385. The zero-order chi connectivity index (χ0) is 32.5. The van der Waals surface area contributed by atoms with E-state index in [-0.39, 0.29) is 11.4 Å². The summed E-state index contributed by atoms with van der Waals surface area (Å²) >= 11 is 0. The van der Waals surface area contributed by atoms with Crippen molar-refractivity contribution in [2.24, 2.45) is 9.98 Å². The Morgan fingerprint density at radius 2 is 0.848 bits per heavy atom. The second kappa shape index (κ2) is 14.5. The summed E-state index contributed by atoms with van der Waals surface area (Å²) in [4.78, 5) is 30.0. The van der Waals surface area contributed by atoms with E-state index in [1.807, 2.05) is 61.0 Å². The zero-order valence-corrected chi connectivity index (χ0v) is 25.2. The molecular weight excluding hydrogens is 584 g/mol. The van der Waals surface area contributed by atoms with Crippen LogP contribution >= 0.6 is 0 Å². The molecule has 0 amide bonds. The van der Waals surface area contributed by atoms with Gasteiger partial charge in [0.25, 0.3) is 11.4 Å². The van der Waals surface area contributed by atoms with Crippen molar-refractivity contribution in [1.29, 1.82) is 0 Å². The molecule has 0 spiro atoms. The number of rotatable bonds is 12. The lowest BCUT2D eigenvalue weighted by Gasteiger charge is -2.10. The molecule has 0 bridgehead atoms. The van der Waals surface area contributed by atoms with E-state index >= 15 is 0 Å². The molecule has 10 nitrogen and oxygen atoms in total. The monoisotopic (exact) mass is 614 g/mol. The lowest BCUT2D eigenvalue weighted by atomic mass is 10.00. The highest BCUT2D eigenvalue weighted by Crippen LogP contribution is 2.25. The number of aryl methyl sites for hydroxylation is 2. The maximum atomic E-state index is 10.8. The van der Waals surface area contributed by atoms with Crippen LogP contribution in [0.5, 0.6) is 23.0 Å². The summed E-state index contributed by atoms with van der Waals surface area (Å²) in [5.41, 5.74) is 6.47. The van der Waals surface area contributed by atoms with Crippen LogP contribution in [0.4, 0.5) is 11.4 Å². The zero-order valence-electron chi connectivity index (χ0n) is 25.2. The van der Waals surface area contributed by atoms with E-state index in [0.29, 0.717) is 36.1 Å². The molecule has 0 aliphatic rings. The van der Waals surface area contributed by atoms with E-state index < -0.39 is 9.85 Å². The van der Waals surface area contributed by atoms with Crippen molar-refractivity contribution in [2.45, 2.75) is 26.9 Å². The molecule has 0 atom stereocenters. The molecule has 0 saturated heterocycles. The molecule has 0 unspecified atom stereocenters. The van der Waals surface area contributed by atoms with E-state index in [2.05, 4.69) is 36.0 Å². The van der Waals surface area contributed by atoms with E-state index in [1.165, 1.54) is 24.3 Å². The summed E-state index contributed by atoms with van der Waals surface area (Å²) in [5, 5.41) is 21.6. The summed E-state index contributed by atoms with van der Waals surface area (Å²) in [6, 6.07) is 31.2. The number of nitro groups is 2. The Morgan fingerprint density at radius 1 is 0.543 bits per heavy atom. The number of benzene rings is 5. The van der Waals surface area contributed by atoms with Gasteiger partial charge < -0.3 is 9.47 Å². The first-order valence-corrected chi connectivity index (χ1v) is 14.4. The molecule has 230 valence electrons. The van der Waals surface area contributed by atoms with E-state index in [9.17, 15) is 20.2 Å². The van der Waals surface area contributed by atoms with Crippen LogP contribution in [-0.2, 0) is 13.1 Å². The number of nitrogens with zero attached hydrogens (tertiary/aromatic N) is 4. The van der Waals surface area contributed by atoms with Gasteiger partial charge in [0.1, 0.15) is 23.0 Å². The average molecular weight is 615 g/mol. The fourth-order valence-electron chi connectivity index (χ4n) is 4.56. The van der Waals surface area contributed by atoms with E-state index in [1.54, 1.807) is 24.3 Å². The lowest BCUT2D eigenvalue weighted by Crippen LogP contribution is -1.96. The van der Waals surface area contributed by atoms with Crippen molar-refractivity contribution < 1.29 is 19.3 Å². The van der Waals surface area contributed by atoms with Crippen molar-refractivity contribution in [3.8, 4) is 23.0 Å². The van der Waals surface area contributed by atoms with Crippen molar-refractivity contribution in [1.82, 2.24) is 0 Å². The fourth-order valence-corrected chi connectivity index (χ4v) is 4.56. The third kappa shape index (κ3) is 8.48. The van der Waals surface area contributed by atoms with Crippen LogP contribution in [0.1, 0.15) is 33.4 Å². The molecule has 0 N–H and O–H groups in total. The third-order valence-electron chi connectivity index (χ3n) is 7.13. The van der Waals surface area contributed by atoms with Crippen molar-refractivity contribution in [3.63, 3.8) is 0 Å². The Morgan fingerprint density at radius 3 is 1.15 bits per heavy atom. The predicted molar refractivity (Wildman–Crippen MR) is 178 cm³/mol. The number of nitro benzene ring substituents is 2. The van der Waals surface area contributed by atoms with Crippen molar-refractivity contribution >= 4 is 23.8 Å². The van der Waals surface area contributed by atoms with Crippen molar-refractivity contribution in [2.75, 3.05) is 0 Å². The second-order valence-corrected chi connectivity index (χ2v) is 10.5. The molecule has 46 heavy (non-hydrogen) atoms. The maximum absolute atomic E-state index is 10.8.